The summed E-state index contributed by atoms with van der Waals surface area (Å²) in [5.41, 5.74) is 5.52. The Hall–Kier alpha value is -0.610. The number of nitrogens with two attached hydrogens (primary N) is 1. The molecule has 0 aromatic heterocycles. The van der Waals surface area contributed by atoms with Gasteiger partial charge < -0.3 is 10.6 Å². The molecule has 88 valence electrons. The Balaban J connectivity index is 2.32. The summed E-state index contributed by atoms with van der Waals surface area (Å²) in [6.07, 6.45) is 2.46. The molecule has 0 radical (unpaired) electrons. The summed E-state index contributed by atoms with van der Waals surface area (Å²) in [6, 6.07) is 0.116. The van der Waals surface area contributed by atoms with E-state index in [0.29, 0.717) is 5.84 Å². The molecule has 1 heterocycles. The molecule has 1 rings (SSSR count). The van der Waals surface area contributed by atoms with E-state index in [2.05, 4.69) is 23.9 Å². The van der Waals surface area contributed by atoms with E-state index in [1.807, 2.05) is 6.92 Å². The Morgan fingerprint density at radius 3 is 2.40 bits per heavy atom. The molecule has 1 atom stereocenters. The van der Waals surface area contributed by atoms with E-state index in [0.717, 1.165) is 19.0 Å². The molecule has 0 aromatic carbocycles. The summed E-state index contributed by atoms with van der Waals surface area (Å²) in [5, 5.41) is 7.43. The Morgan fingerprint density at radius 1 is 1.47 bits per heavy atom. The molecule has 1 saturated heterocycles. The van der Waals surface area contributed by atoms with Crippen LogP contribution in [0.25, 0.3) is 0 Å². The van der Waals surface area contributed by atoms with Gasteiger partial charge in [-0.25, -0.2) is 0 Å². The first-order chi connectivity index (χ1) is 7.00. The first-order valence-electron chi connectivity index (χ1n) is 5.73. The zero-order chi connectivity index (χ0) is 11.4. The highest BCUT2D eigenvalue weighted by molar-refractivity contribution is 5.82. The fourth-order valence-electron chi connectivity index (χ4n) is 2.24. The van der Waals surface area contributed by atoms with E-state index in [9.17, 15) is 0 Å². The third-order valence-corrected chi connectivity index (χ3v) is 3.27. The van der Waals surface area contributed by atoms with Crippen molar-refractivity contribution in [1.82, 2.24) is 9.80 Å². The van der Waals surface area contributed by atoms with Crippen LogP contribution in [0.5, 0.6) is 0 Å². The van der Waals surface area contributed by atoms with Gasteiger partial charge in [-0.1, -0.05) is 0 Å². The van der Waals surface area contributed by atoms with Gasteiger partial charge in [0.2, 0.25) is 0 Å². The number of nitrogens with zero attached hydrogens (tertiary/aromatic N) is 2. The van der Waals surface area contributed by atoms with Crippen LogP contribution < -0.4 is 5.73 Å². The Kier molecular flexibility index (Phi) is 4.54. The van der Waals surface area contributed by atoms with E-state index in [1.165, 1.54) is 19.4 Å². The molecule has 1 aliphatic rings. The van der Waals surface area contributed by atoms with Gasteiger partial charge in [0.15, 0.2) is 0 Å². The smallest absolute Gasteiger partial charge is 0.108 e. The van der Waals surface area contributed by atoms with E-state index < -0.39 is 0 Å². The maximum atomic E-state index is 7.43. The van der Waals surface area contributed by atoms with Crippen molar-refractivity contribution in [2.24, 2.45) is 11.7 Å². The average Bonchev–Trinajstić information content (AvgIpc) is 2.17. The minimum atomic E-state index is 0.116. The summed E-state index contributed by atoms with van der Waals surface area (Å²) >= 11 is 0. The first-order valence-corrected chi connectivity index (χ1v) is 5.73. The number of likely N-dealkylation sites (tertiary alicyclic amines) is 1. The van der Waals surface area contributed by atoms with Gasteiger partial charge in [-0.05, 0) is 52.9 Å². The standard InChI is InChI=1S/C11H24N4/c1-9(11(12)13)15-6-4-10(5-7-15)8-14(2)3/h9-10H,4-8H2,1-3H3,(H3,12,13). The monoisotopic (exact) mass is 212 g/mol. The summed E-state index contributed by atoms with van der Waals surface area (Å²) in [5.74, 6) is 1.11. The summed E-state index contributed by atoms with van der Waals surface area (Å²) in [6.45, 7) is 5.37. The maximum Gasteiger partial charge on any atom is 0.108 e. The first kappa shape index (κ1) is 12.5. The van der Waals surface area contributed by atoms with Gasteiger partial charge in [0, 0.05) is 6.54 Å². The summed E-state index contributed by atoms with van der Waals surface area (Å²) < 4.78 is 0. The summed E-state index contributed by atoms with van der Waals surface area (Å²) in [4.78, 5) is 4.57. The molecule has 15 heavy (non-hydrogen) atoms. The number of hydrogen-bond donors (Lipinski definition) is 2. The molecular formula is C11H24N4. The van der Waals surface area contributed by atoms with E-state index in [1.54, 1.807) is 0 Å². The van der Waals surface area contributed by atoms with Gasteiger partial charge in [-0.2, -0.15) is 0 Å². The zero-order valence-corrected chi connectivity index (χ0v) is 10.2. The molecule has 0 aromatic rings. The Bertz CT molecular complexity index is 207. The highest BCUT2D eigenvalue weighted by Gasteiger charge is 2.23. The lowest BCUT2D eigenvalue weighted by Gasteiger charge is -2.36. The minimum Gasteiger partial charge on any atom is -0.386 e. The zero-order valence-electron chi connectivity index (χ0n) is 10.2. The molecule has 4 heteroatoms. The van der Waals surface area contributed by atoms with Crippen molar-refractivity contribution >= 4 is 5.84 Å². The highest BCUT2D eigenvalue weighted by Crippen LogP contribution is 2.19. The van der Waals surface area contributed by atoms with Crippen LogP contribution in [-0.2, 0) is 0 Å². The molecule has 0 aliphatic carbocycles. The average molecular weight is 212 g/mol. The lowest BCUT2D eigenvalue weighted by Crippen LogP contribution is -2.47. The summed E-state index contributed by atoms with van der Waals surface area (Å²) in [7, 11) is 4.26. The van der Waals surface area contributed by atoms with Crippen LogP contribution in [0.4, 0.5) is 0 Å². The number of hydrogen-bond acceptors (Lipinski definition) is 3. The maximum absolute atomic E-state index is 7.43. The minimum absolute atomic E-state index is 0.116. The molecule has 1 aliphatic heterocycles. The second kappa shape index (κ2) is 5.47. The highest BCUT2D eigenvalue weighted by atomic mass is 15.2. The third-order valence-electron chi connectivity index (χ3n) is 3.27. The van der Waals surface area contributed by atoms with Crippen LogP contribution in [0.15, 0.2) is 0 Å². The normalized spacial score (nSPS) is 21.9. The van der Waals surface area contributed by atoms with Gasteiger partial charge in [-0.15, -0.1) is 0 Å². The lowest BCUT2D eigenvalue weighted by atomic mass is 9.95. The predicted molar refractivity (Wildman–Crippen MR) is 64.2 cm³/mol. The van der Waals surface area contributed by atoms with Crippen molar-refractivity contribution in [2.75, 3.05) is 33.7 Å². The largest absolute Gasteiger partial charge is 0.386 e. The fraction of sp³-hybridized carbons (Fsp3) is 0.909. The molecule has 3 N–H and O–H groups in total. The van der Waals surface area contributed by atoms with Crippen molar-refractivity contribution in [3.8, 4) is 0 Å². The molecule has 1 fully saturated rings. The topological polar surface area (TPSA) is 56.4 Å². The van der Waals surface area contributed by atoms with E-state index in [4.69, 9.17) is 11.1 Å². The fourth-order valence-corrected chi connectivity index (χ4v) is 2.24. The number of nitrogens with one attached hydrogen (secondary N) is 1. The molecule has 0 bridgehead atoms. The van der Waals surface area contributed by atoms with E-state index >= 15 is 0 Å². The van der Waals surface area contributed by atoms with Crippen LogP contribution in [0, 0.1) is 11.3 Å². The Labute approximate surface area is 92.9 Å². The van der Waals surface area contributed by atoms with E-state index in [-0.39, 0.29) is 6.04 Å². The quantitative estimate of drug-likeness (QED) is 0.529. The van der Waals surface area contributed by atoms with Gasteiger partial charge in [0.05, 0.1) is 6.04 Å². The molecule has 1 unspecified atom stereocenters. The lowest BCUT2D eigenvalue weighted by molar-refractivity contribution is 0.150. The van der Waals surface area contributed by atoms with Crippen LogP contribution in [-0.4, -0.2) is 55.4 Å². The molecule has 0 amide bonds. The van der Waals surface area contributed by atoms with Crippen molar-refractivity contribution in [3.63, 3.8) is 0 Å². The van der Waals surface area contributed by atoms with Crippen LogP contribution in [0.1, 0.15) is 19.8 Å². The second-order valence-corrected chi connectivity index (χ2v) is 4.87. The molecular weight excluding hydrogens is 188 g/mol. The predicted octanol–water partition coefficient (Wildman–Crippen LogP) is 0.584. The SMILES string of the molecule is CC(C(=N)N)N1CCC(CN(C)C)CC1. The van der Waals surface area contributed by atoms with Crippen molar-refractivity contribution in [1.29, 1.82) is 5.41 Å². The number of rotatable bonds is 4. The van der Waals surface area contributed by atoms with Gasteiger partial charge in [0.1, 0.15) is 5.84 Å². The number of amidine groups is 1. The van der Waals surface area contributed by atoms with Crippen LogP contribution in [0.2, 0.25) is 0 Å². The third kappa shape index (κ3) is 3.80. The van der Waals surface area contributed by atoms with Crippen molar-refractivity contribution in [3.05, 3.63) is 0 Å². The number of piperidine rings is 1. The second-order valence-electron chi connectivity index (χ2n) is 4.87. The van der Waals surface area contributed by atoms with Crippen molar-refractivity contribution in [2.45, 2.75) is 25.8 Å². The van der Waals surface area contributed by atoms with Crippen LogP contribution in [0.3, 0.4) is 0 Å². The molecule has 0 spiro atoms. The molecule has 4 nitrogen and oxygen atoms in total. The van der Waals surface area contributed by atoms with Crippen molar-refractivity contribution < 1.29 is 0 Å². The van der Waals surface area contributed by atoms with Gasteiger partial charge in [-0.3, -0.25) is 10.3 Å². The van der Waals surface area contributed by atoms with Gasteiger partial charge in [0.25, 0.3) is 0 Å². The van der Waals surface area contributed by atoms with Gasteiger partial charge >= 0.3 is 0 Å². The molecule has 0 saturated carbocycles. The van der Waals surface area contributed by atoms with Crippen LogP contribution >= 0.6 is 0 Å². The Morgan fingerprint density at radius 2 is 2.00 bits per heavy atom.